The van der Waals surface area contributed by atoms with Gasteiger partial charge in [-0.05, 0) is 89.9 Å². The van der Waals surface area contributed by atoms with Gasteiger partial charge < -0.3 is 14.2 Å². The van der Waals surface area contributed by atoms with E-state index in [1.807, 2.05) is 6.08 Å². The van der Waals surface area contributed by atoms with Gasteiger partial charge in [-0.1, -0.05) is 329 Å². The zero-order valence-corrected chi connectivity index (χ0v) is 53.3. The number of carbonyl (C=O) groups excluding carboxylic acids is 3. The Kier molecular flexibility index (Phi) is 65.2. The van der Waals surface area contributed by atoms with E-state index >= 15 is 0 Å². The molecule has 0 radical (unpaired) electrons. The van der Waals surface area contributed by atoms with Crippen molar-refractivity contribution in [2.24, 2.45) is 0 Å². The summed E-state index contributed by atoms with van der Waals surface area (Å²) in [4.78, 5) is 38.3. The van der Waals surface area contributed by atoms with E-state index in [1.165, 1.54) is 186 Å². The predicted octanol–water partition coefficient (Wildman–Crippen LogP) is 23.8. The molecule has 0 fully saturated rings. The van der Waals surface area contributed by atoms with Gasteiger partial charge >= 0.3 is 17.9 Å². The van der Waals surface area contributed by atoms with Crippen LogP contribution in [0.1, 0.15) is 329 Å². The van der Waals surface area contributed by atoms with E-state index < -0.39 is 6.10 Å². The molecule has 0 N–H and O–H groups in total. The van der Waals surface area contributed by atoms with E-state index in [4.69, 9.17) is 14.2 Å². The first kappa shape index (κ1) is 77.1. The number of rotatable bonds is 62. The smallest absolute Gasteiger partial charge is 0.306 e. The maximum absolute atomic E-state index is 12.9. The predicted molar refractivity (Wildman–Crippen MR) is 353 cm³/mol. The van der Waals surface area contributed by atoms with E-state index in [-0.39, 0.29) is 37.5 Å². The highest BCUT2D eigenvalue weighted by molar-refractivity contribution is 5.71. The number of esters is 3. The summed E-state index contributed by atoms with van der Waals surface area (Å²) in [6.45, 7) is 6.39. The van der Waals surface area contributed by atoms with Crippen molar-refractivity contribution in [1.29, 1.82) is 0 Å². The van der Waals surface area contributed by atoms with Gasteiger partial charge in [-0.15, -0.1) is 0 Å². The van der Waals surface area contributed by atoms with Crippen LogP contribution < -0.4 is 0 Å². The quantitative estimate of drug-likeness (QED) is 0.0261. The minimum absolute atomic E-state index is 0.0981. The molecule has 0 bridgehead atoms. The molecule has 1 unspecified atom stereocenters. The molecule has 6 nitrogen and oxygen atoms in total. The summed E-state index contributed by atoms with van der Waals surface area (Å²) in [5, 5.41) is 0. The molecular weight excluding hydrogens is 997 g/mol. The fraction of sp³-hybridized carbons (Fsp3) is 0.720. The lowest BCUT2D eigenvalue weighted by molar-refractivity contribution is -0.166. The molecule has 0 aromatic carbocycles. The van der Waals surface area contributed by atoms with Crippen molar-refractivity contribution in [3.63, 3.8) is 0 Å². The van der Waals surface area contributed by atoms with Crippen LogP contribution in [0.5, 0.6) is 0 Å². The van der Waals surface area contributed by atoms with Gasteiger partial charge in [-0.3, -0.25) is 14.4 Å². The molecule has 0 aromatic rings. The number of carbonyl (C=O) groups is 3. The molecule has 0 saturated heterocycles. The second-order valence-corrected chi connectivity index (χ2v) is 22.7. The summed E-state index contributed by atoms with van der Waals surface area (Å²) in [5.74, 6) is -0.970. The van der Waals surface area contributed by atoms with Crippen LogP contribution >= 0.6 is 0 Å². The second kappa shape index (κ2) is 68.6. The molecule has 0 heterocycles. The van der Waals surface area contributed by atoms with Gasteiger partial charge in [-0.2, -0.15) is 0 Å². The average molecular weight is 1130 g/mol. The van der Waals surface area contributed by atoms with Crippen LogP contribution in [-0.2, 0) is 28.6 Å². The maximum atomic E-state index is 12.9. The Labute approximate surface area is 501 Å². The van der Waals surface area contributed by atoms with Crippen LogP contribution in [0.4, 0.5) is 0 Å². The van der Waals surface area contributed by atoms with E-state index in [1.54, 1.807) is 0 Å². The molecule has 0 spiro atoms. The topological polar surface area (TPSA) is 78.9 Å². The third-order valence-electron chi connectivity index (χ3n) is 14.8. The highest BCUT2D eigenvalue weighted by Crippen LogP contribution is 2.17. The number of hydrogen-bond acceptors (Lipinski definition) is 6. The Morgan fingerprint density at radius 2 is 0.506 bits per heavy atom. The molecule has 0 amide bonds. The van der Waals surface area contributed by atoms with Crippen molar-refractivity contribution in [3.8, 4) is 0 Å². The lowest BCUT2D eigenvalue weighted by atomic mass is 10.0. The van der Waals surface area contributed by atoms with Gasteiger partial charge in [0.15, 0.2) is 6.10 Å². The Morgan fingerprint density at radius 1 is 0.259 bits per heavy atom. The lowest BCUT2D eigenvalue weighted by Crippen LogP contribution is -2.30. The number of allylic oxidation sites excluding steroid dienone is 18. The van der Waals surface area contributed by atoms with E-state index in [0.717, 1.165) is 96.3 Å². The van der Waals surface area contributed by atoms with Crippen molar-refractivity contribution < 1.29 is 28.6 Å². The zero-order valence-electron chi connectivity index (χ0n) is 53.3. The van der Waals surface area contributed by atoms with Gasteiger partial charge in [0, 0.05) is 19.3 Å². The summed E-state index contributed by atoms with van der Waals surface area (Å²) in [5.41, 5.74) is 0. The molecule has 0 rings (SSSR count). The normalized spacial score (nSPS) is 12.8. The fourth-order valence-corrected chi connectivity index (χ4v) is 9.72. The minimum Gasteiger partial charge on any atom is -0.462 e. The summed E-state index contributed by atoms with van der Waals surface area (Å²) >= 11 is 0. The molecule has 6 heteroatoms. The van der Waals surface area contributed by atoms with Crippen LogP contribution in [0, 0.1) is 0 Å². The van der Waals surface area contributed by atoms with Crippen LogP contribution in [0.15, 0.2) is 109 Å². The van der Waals surface area contributed by atoms with Crippen LogP contribution in [0.2, 0.25) is 0 Å². The Balaban J connectivity index is 4.28. The zero-order chi connectivity index (χ0) is 58.5. The van der Waals surface area contributed by atoms with Gasteiger partial charge in [0.25, 0.3) is 0 Å². The standard InChI is InChI=1S/C75H128O6/c1-4-7-10-13-16-19-22-25-27-29-31-33-34-35-36-37-38-39-40-42-43-45-47-50-53-56-59-62-65-68-74(77)80-71-72(70-79-73(76)67-64-61-58-55-52-49-24-21-18-15-12-9-6-3)81-75(78)69-66-63-60-57-54-51-48-46-44-41-32-30-28-26-23-20-17-14-11-8-5-2/h7,9-10,12,16,18-19,21,25,27,31,33,35-36,49,52,58,61,72H,4-6,8,11,13-15,17,20,22-24,26,28-30,32,34,37-48,50-51,53-57,59-60,62-71H2,1-3H3/b10-7-,12-9-,19-16-,21-18-,27-25-,33-31-,36-35-,52-49-,61-58-. The molecule has 0 aromatic heterocycles. The van der Waals surface area contributed by atoms with Crippen molar-refractivity contribution in [3.05, 3.63) is 109 Å². The highest BCUT2D eigenvalue weighted by atomic mass is 16.6. The largest absolute Gasteiger partial charge is 0.462 e. The summed E-state index contributed by atoms with van der Waals surface area (Å²) in [6.07, 6.45) is 94.2. The lowest BCUT2D eigenvalue weighted by Gasteiger charge is -2.18. The SMILES string of the molecule is CC/C=C\C/C=C\C/C=C\C/C=C\C/C=C\CCCCCCCCCCCCCCCC(=O)OCC(COC(=O)CC/C=C\C/C=C\C/C=C\C/C=C\CC)OC(=O)CCCCCCCCCCCCCCCCCCCCCCC. The van der Waals surface area contributed by atoms with Crippen molar-refractivity contribution >= 4 is 17.9 Å². The Morgan fingerprint density at radius 3 is 0.827 bits per heavy atom. The van der Waals surface area contributed by atoms with Gasteiger partial charge in [0.05, 0.1) is 0 Å². The summed E-state index contributed by atoms with van der Waals surface area (Å²) in [7, 11) is 0. The molecule has 0 saturated carbocycles. The number of ether oxygens (including phenoxy) is 3. The molecule has 81 heavy (non-hydrogen) atoms. The van der Waals surface area contributed by atoms with Crippen LogP contribution in [0.3, 0.4) is 0 Å². The van der Waals surface area contributed by atoms with Crippen molar-refractivity contribution in [1.82, 2.24) is 0 Å². The third kappa shape index (κ3) is 66.8. The first-order valence-electron chi connectivity index (χ1n) is 34.4. The number of hydrogen-bond donors (Lipinski definition) is 0. The molecule has 0 aliphatic heterocycles. The second-order valence-electron chi connectivity index (χ2n) is 22.7. The first-order valence-corrected chi connectivity index (χ1v) is 34.4. The van der Waals surface area contributed by atoms with Crippen LogP contribution in [0.25, 0.3) is 0 Å². The molecule has 0 aliphatic carbocycles. The average Bonchev–Trinajstić information content (AvgIpc) is 3.46. The maximum Gasteiger partial charge on any atom is 0.306 e. The highest BCUT2D eigenvalue weighted by Gasteiger charge is 2.19. The minimum atomic E-state index is -0.807. The third-order valence-corrected chi connectivity index (χ3v) is 14.8. The van der Waals surface area contributed by atoms with Gasteiger partial charge in [0.1, 0.15) is 13.2 Å². The fourth-order valence-electron chi connectivity index (χ4n) is 9.72. The van der Waals surface area contributed by atoms with Gasteiger partial charge in [0.2, 0.25) is 0 Å². The molecule has 0 aliphatic rings. The molecule has 1 atom stereocenters. The van der Waals surface area contributed by atoms with Crippen molar-refractivity contribution in [2.75, 3.05) is 13.2 Å². The van der Waals surface area contributed by atoms with Crippen molar-refractivity contribution in [2.45, 2.75) is 335 Å². The Bertz CT molecular complexity index is 1620. The monoisotopic (exact) mass is 1120 g/mol. The number of unbranched alkanes of at least 4 members (excludes halogenated alkanes) is 33. The molecular formula is C75H128O6. The van der Waals surface area contributed by atoms with E-state index in [2.05, 4.69) is 124 Å². The van der Waals surface area contributed by atoms with E-state index in [9.17, 15) is 14.4 Å². The van der Waals surface area contributed by atoms with Crippen LogP contribution in [-0.4, -0.2) is 37.2 Å². The molecule has 464 valence electrons. The van der Waals surface area contributed by atoms with Gasteiger partial charge in [-0.25, -0.2) is 0 Å². The first-order chi connectivity index (χ1) is 40.0. The summed E-state index contributed by atoms with van der Waals surface area (Å²) < 4.78 is 16.9. The summed E-state index contributed by atoms with van der Waals surface area (Å²) in [6, 6.07) is 0. The Hall–Kier alpha value is -3.93. The van der Waals surface area contributed by atoms with E-state index in [0.29, 0.717) is 19.3 Å².